The molecule has 17 heavy (non-hydrogen) atoms. The molecular weight excluding hydrogens is 214 g/mol. The van der Waals surface area contributed by atoms with Crippen LogP contribution in [0.3, 0.4) is 0 Å². The van der Waals surface area contributed by atoms with Gasteiger partial charge in [0.1, 0.15) is 0 Å². The summed E-state index contributed by atoms with van der Waals surface area (Å²) in [4.78, 5) is 11.2. The number of ether oxygens (including phenoxy) is 1. The third-order valence-electron chi connectivity index (χ3n) is 2.76. The lowest BCUT2D eigenvalue weighted by Gasteiger charge is -2.16. The maximum atomic E-state index is 11.2. The zero-order valence-electron chi connectivity index (χ0n) is 11.0. The number of benzene rings is 1. The first-order valence-electron chi connectivity index (χ1n) is 6.00. The molecule has 0 amide bonds. The summed E-state index contributed by atoms with van der Waals surface area (Å²) in [6, 6.07) is 6.50. The predicted molar refractivity (Wildman–Crippen MR) is 69.0 cm³/mol. The van der Waals surface area contributed by atoms with E-state index in [4.69, 9.17) is 4.74 Å². The molecule has 3 heteroatoms. The summed E-state index contributed by atoms with van der Waals surface area (Å²) in [6.07, 6.45) is 0. The van der Waals surface area contributed by atoms with Gasteiger partial charge in [0.05, 0.1) is 13.2 Å². The van der Waals surface area contributed by atoms with Crippen molar-refractivity contribution in [1.29, 1.82) is 0 Å². The topological polar surface area (TPSA) is 38.3 Å². The molecule has 0 saturated carbocycles. The average Bonchev–Trinajstić information content (AvgIpc) is 2.29. The molecule has 0 bridgehead atoms. The number of carbonyl (C=O) groups excluding carboxylic acids is 1. The van der Waals surface area contributed by atoms with Gasteiger partial charge in [0, 0.05) is 6.04 Å². The highest BCUT2D eigenvalue weighted by Crippen LogP contribution is 2.18. The molecule has 94 valence electrons. The minimum absolute atomic E-state index is 0.152. The Hall–Kier alpha value is -1.35. The van der Waals surface area contributed by atoms with Crippen molar-refractivity contribution in [2.75, 3.05) is 13.2 Å². The van der Waals surface area contributed by atoms with Crippen LogP contribution < -0.4 is 5.32 Å². The highest BCUT2D eigenvalue weighted by Gasteiger charge is 2.10. The van der Waals surface area contributed by atoms with Gasteiger partial charge >= 0.3 is 5.97 Å². The summed E-state index contributed by atoms with van der Waals surface area (Å²) in [5, 5.41) is 3.18. The van der Waals surface area contributed by atoms with Crippen molar-refractivity contribution >= 4 is 5.97 Å². The molecule has 0 aromatic heterocycles. The normalized spacial score (nSPS) is 12.2. The number of aryl methyl sites for hydroxylation is 2. The Kier molecular flexibility index (Phi) is 5.16. The highest BCUT2D eigenvalue weighted by molar-refractivity contribution is 5.71. The van der Waals surface area contributed by atoms with Gasteiger partial charge in [-0.3, -0.25) is 4.79 Å². The second-order valence-electron chi connectivity index (χ2n) is 4.27. The van der Waals surface area contributed by atoms with E-state index in [2.05, 4.69) is 44.3 Å². The molecule has 1 rings (SSSR count). The summed E-state index contributed by atoms with van der Waals surface area (Å²) in [7, 11) is 0. The number of rotatable bonds is 5. The first kappa shape index (κ1) is 13.7. The van der Waals surface area contributed by atoms with E-state index in [0.717, 1.165) is 0 Å². The lowest BCUT2D eigenvalue weighted by Crippen LogP contribution is -2.27. The summed E-state index contributed by atoms with van der Waals surface area (Å²) < 4.78 is 4.88. The Balaban J connectivity index is 2.60. The second-order valence-corrected chi connectivity index (χ2v) is 4.27. The fraction of sp³-hybridized carbons (Fsp3) is 0.500. The molecule has 0 fully saturated rings. The van der Waals surface area contributed by atoms with Crippen molar-refractivity contribution in [3.63, 3.8) is 0 Å². The van der Waals surface area contributed by atoms with Crippen LogP contribution in [0.4, 0.5) is 0 Å². The van der Waals surface area contributed by atoms with Crippen LogP contribution in [0.1, 0.15) is 36.6 Å². The van der Waals surface area contributed by atoms with E-state index in [1.165, 1.54) is 16.7 Å². The molecular formula is C14H21NO2. The molecule has 1 aromatic carbocycles. The zero-order chi connectivity index (χ0) is 12.8. The van der Waals surface area contributed by atoms with E-state index >= 15 is 0 Å². The molecule has 0 aliphatic carbocycles. The highest BCUT2D eigenvalue weighted by atomic mass is 16.5. The molecule has 1 unspecified atom stereocenters. The van der Waals surface area contributed by atoms with Crippen LogP contribution in [0.15, 0.2) is 18.2 Å². The van der Waals surface area contributed by atoms with Gasteiger partial charge < -0.3 is 10.1 Å². The van der Waals surface area contributed by atoms with E-state index in [-0.39, 0.29) is 18.6 Å². The van der Waals surface area contributed by atoms with Crippen molar-refractivity contribution in [2.45, 2.75) is 33.7 Å². The molecule has 1 N–H and O–H groups in total. The van der Waals surface area contributed by atoms with Gasteiger partial charge in [-0.2, -0.15) is 0 Å². The van der Waals surface area contributed by atoms with E-state index in [1.807, 2.05) is 6.92 Å². The predicted octanol–water partition coefficient (Wildman–Crippen LogP) is 2.52. The maximum absolute atomic E-state index is 11.2. The molecule has 0 spiro atoms. The third kappa shape index (κ3) is 4.19. The van der Waals surface area contributed by atoms with Gasteiger partial charge in [0.25, 0.3) is 0 Å². The molecule has 0 heterocycles. The molecule has 1 aromatic rings. The van der Waals surface area contributed by atoms with Gasteiger partial charge in [0.15, 0.2) is 0 Å². The average molecular weight is 235 g/mol. The first-order valence-corrected chi connectivity index (χ1v) is 6.00. The van der Waals surface area contributed by atoms with Gasteiger partial charge in [-0.25, -0.2) is 0 Å². The number of esters is 1. The van der Waals surface area contributed by atoms with Crippen LogP contribution in [0.25, 0.3) is 0 Å². The van der Waals surface area contributed by atoms with Crippen LogP contribution in [-0.4, -0.2) is 19.1 Å². The Morgan fingerprint density at radius 2 is 2.12 bits per heavy atom. The summed E-state index contributed by atoms with van der Waals surface area (Å²) >= 11 is 0. The van der Waals surface area contributed by atoms with Gasteiger partial charge in [0.2, 0.25) is 0 Å². The number of carbonyl (C=O) groups is 1. The number of nitrogens with one attached hydrogen (secondary N) is 1. The van der Waals surface area contributed by atoms with E-state index in [9.17, 15) is 4.79 Å². The van der Waals surface area contributed by atoms with Crippen LogP contribution in [0.5, 0.6) is 0 Å². The quantitative estimate of drug-likeness (QED) is 0.797. The Labute approximate surface area is 103 Å². The Morgan fingerprint density at radius 3 is 2.76 bits per heavy atom. The van der Waals surface area contributed by atoms with E-state index in [0.29, 0.717) is 6.61 Å². The minimum atomic E-state index is -0.204. The molecule has 0 radical (unpaired) electrons. The molecule has 0 aliphatic rings. The van der Waals surface area contributed by atoms with Gasteiger partial charge in [-0.15, -0.1) is 0 Å². The summed E-state index contributed by atoms with van der Waals surface area (Å²) in [6.45, 7) is 8.70. The van der Waals surface area contributed by atoms with Crippen molar-refractivity contribution in [3.05, 3.63) is 34.9 Å². The standard InChI is InChI=1S/C14H21NO2/c1-5-17-14(16)9-15-12(4)13-8-10(2)6-7-11(13)3/h6-8,12,15H,5,9H2,1-4H3. The SMILES string of the molecule is CCOC(=O)CNC(C)c1cc(C)ccc1C. The third-order valence-corrected chi connectivity index (χ3v) is 2.76. The van der Waals surface area contributed by atoms with E-state index < -0.39 is 0 Å². The smallest absolute Gasteiger partial charge is 0.319 e. The summed E-state index contributed by atoms with van der Waals surface area (Å²) in [5.74, 6) is -0.204. The van der Waals surface area contributed by atoms with Gasteiger partial charge in [-0.1, -0.05) is 23.8 Å². The van der Waals surface area contributed by atoms with Crippen molar-refractivity contribution < 1.29 is 9.53 Å². The lowest BCUT2D eigenvalue weighted by atomic mass is 10.00. The van der Waals surface area contributed by atoms with Crippen molar-refractivity contribution in [2.24, 2.45) is 0 Å². The fourth-order valence-electron chi connectivity index (χ4n) is 1.78. The monoisotopic (exact) mass is 235 g/mol. The minimum Gasteiger partial charge on any atom is -0.465 e. The van der Waals surface area contributed by atoms with Gasteiger partial charge in [-0.05, 0) is 38.8 Å². The molecule has 0 aliphatic heterocycles. The first-order chi connectivity index (χ1) is 8.04. The molecule has 0 saturated heterocycles. The zero-order valence-corrected chi connectivity index (χ0v) is 11.0. The fourth-order valence-corrected chi connectivity index (χ4v) is 1.78. The lowest BCUT2D eigenvalue weighted by molar-refractivity contribution is -0.142. The second kappa shape index (κ2) is 6.40. The maximum Gasteiger partial charge on any atom is 0.319 e. The summed E-state index contributed by atoms with van der Waals surface area (Å²) in [5.41, 5.74) is 3.70. The van der Waals surface area contributed by atoms with Crippen LogP contribution >= 0.6 is 0 Å². The Bertz CT molecular complexity index is 388. The van der Waals surface area contributed by atoms with Crippen molar-refractivity contribution in [1.82, 2.24) is 5.32 Å². The van der Waals surface area contributed by atoms with Crippen LogP contribution in [0.2, 0.25) is 0 Å². The molecule has 3 nitrogen and oxygen atoms in total. The van der Waals surface area contributed by atoms with Crippen molar-refractivity contribution in [3.8, 4) is 0 Å². The van der Waals surface area contributed by atoms with E-state index in [1.54, 1.807) is 0 Å². The Morgan fingerprint density at radius 1 is 1.41 bits per heavy atom. The van der Waals surface area contributed by atoms with Crippen LogP contribution in [-0.2, 0) is 9.53 Å². The largest absolute Gasteiger partial charge is 0.465 e. The molecule has 1 atom stereocenters. The number of hydrogen-bond donors (Lipinski definition) is 1. The number of hydrogen-bond acceptors (Lipinski definition) is 3. The van der Waals surface area contributed by atoms with Crippen LogP contribution in [0, 0.1) is 13.8 Å².